The van der Waals surface area contributed by atoms with Crippen molar-refractivity contribution >= 4 is 0 Å². The van der Waals surface area contributed by atoms with Crippen molar-refractivity contribution in [1.82, 2.24) is 0 Å². The lowest BCUT2D eigenvalue weighted by Gasteiger charge is -2.18. The highest BCUT2D eigenvalue weighted by molar-refractivity contribution is 5.38. The second-order valence-corrected chi connectivity index (χ2v) is 4.62. The molecule has 1 aromatic rings. The highest BCUT2D eigenvalue weighted by Gasteiger charge is 2.14. The molecular formula is C15H18O. The summed E-state index contributed by atoms with van der Waals surface area (Å²) in [6, 6.07) is 6.53. The number of hydrogen-bond acceptors (Lipinski definition) is 1. The smallest absolute Gasteiger partial charge is 0.114 e. The number of hydrogen-bond donors (Lipinski definition) is 1. The van der Waals surface area contributed by atoms with Gasteiger partial charge in [0.1, 0.15) is 5.76 Å². The Bertz CT molecular complexity index is 466. The average Bonchev–Trinajstić information content (AvgIpc) is 2.26. The summed E-state index contributed by atoms with van der Waals surface area (Å²) in [7, 11) is 0. The number of allylic oxidation sites excluding steroid dienone is 3. The van der Waals surface area contributed by atoms with Crippen molar-refractivity contribution in [3.8, 4) is 0 Å². The fraction of sp³-hybridized carbons (Fsp3) is 0.333. The fourth-order valence-electron chi connectivity index (χ4n) is 2.03. The Labute approximate surface area is 97.1 Å². The third kappa shape index (κ3) is 2.04. The molecule has 1 atom stereocenters. The molecule has 0 heterocycles. The van der Waals surface area contributed by atoms with Gasteiger partial charge in [-0.25, -0.2) is 0 Å². The van der Waals surface area contributed by atoms with Crippen LogP contribution in [0.2, 0.25) is 0 Å². The van der Waals surface area contributed by atoms with Crippen LogP contribution in [0.15, 0.2) is 41.7 Å². The summed E-state index contributed by atoms with van der Waals surface area (Å²) in [5.41, 5.74) is 4.91. The van der Waals surface area contributed by atoms with Crippen molar-refractivity contribution in [3.63, 3.8) is 0 Å². The molecule has 84 valence electrons. The Morgan fingerprint density at radius 1 is 1.12 bits per heavy atom. The second-order valence-electron chi connectivity index (χ2n) is 4.62. The molecule has 1 nitrogen and oxygen atoms in total. The van der Waals surface area contributed by atoms with Gasteiger partial charge in [0.05, 0.1) is 0 Å². The minimum absolute atomic E-state index is 0.322. The molecule has 1 aliphatic rings. The highest BCUT2D eigenvalue weighted by atomic mass is 16.3. The minimum Gasteiger partial charge on any atom is -0.508 e. The van der Waals surface area contributed by atoms with Gasteiger partial charge in [-0.05, 0) is 55.5 Å². The zero-order valence-electron chi connectivity index (χ0n) is 10.1. The lowest BCUT2D eigenvalue weighted by atomic mass is 9.88. The zero-order chi connectivity index (χ0) is 11.7. The predicted octanol–water partition coefficient (Wildman–Crippen LogP) is 4.18. The number of rotatable bonds is 1. The third-order valence-corrected chi connectivity index (χ3v) is 3.40. The van der Waals surface area contributed by atoms with E-state index in [1.807, 2.05) is 13.0 Å². The van der Waals surface area contributed by atoms with Crippen LogP contribution in [-0.4, -0.2) is 5.11 Å². The molecule has 16 heavy (non-hydrogen) atoms. The van der Waals surface area contributed by atoms with Crippen LogP contribution in [0.25, 0.3) is 0 Å². The standard InChI is InChI=1S/C15H18O/c1-10-4-6-13(8-12(10)3)14-7-5-11(2)15(16)9-14/h4-6,8-9,14,16H,7H2,1-3H3. The molecule has 0 aromatic heterocycles. The Morgan fingerprint density at radius 3 is 2.50 bits per heavy atom. The van der Waals surface area contributed by atoms with Gasteiger partial charge < -0.3 is 5.11 Å². The van der Waals surface area contributed by atoms with Crippen molar-refractivity contribution in [2.45, 2.75) is 33.1 Å². The molecule has 1 aliphatic carbocycles. The molecule has 0 saturated carbocycles. The van der Waals surface area contributed by atoms with E-state index >= 15 is 0 Å². The molecule has 0 amide bonds. The van der Waals surface area contributed by atoms with Gasteiger partial charge in [0.15, 0.2) is 0 Å². The summed E-state index contributed by atoms with van der Waals surface area (Å²) in [6.45, 7) is 6.20. The van der Waals surface area contributed by atoms with E-state index < -0.39 is 0 Å². The number of aliphatic hydroxyl groups is 1. The van der Waals surface area contributed by atoms with Crippen molar-refractivity contribution in [1.29, 1.82) is 0 Å². The maximum atomic E-state index is 9.73. The van der Waals surface area contributed by atoms with E-state index in [1.54, 1.807) is 0 Å². The summed E-state index contributed by atoms with van der Waals surface area (Å²) < 4.78 is 0. The lowest BCUT2D eigenvalue weighted by Crippen LogP contribution is -2.02. The van der Waals surface area contributed by atoms with Crippen LogP contribution in [0.3, 0.4) is 0 Å². The fourth-order valence-corrected chi connectivity index (χ4v) is 2.03. The molecule has 1 N–H and O–H groups in total. The molecule has 1 heteroatoms. The van der Waals surface area contributed by atoms with Crippen LogP contribution in [0.1, 0.15) is 36.0 Å². The van der Waals surface area contributed by atoms with Crippen LogP contribution in [-0.2, 0) is 0 Å². The Kier molecular flexibility index (Phi) is 2.86. The monoisotopic (exact) mass is 214 g/mol. The molecule has 1 unspecified atom stereocenters. The first-order chi connectivity index (χ1) is 7.58. The molecular weight excluding hydrogens is 196 g/mol. The SMILES string of the molecule is CC1=CCC(c2ccc(C)c(C)c2)C=C1O. The van der Waals surface area contributed by atoms with Crippen LogP contribution in [0.4, 0.5) is 0 Å². The van der Waals surface area contributed by atoms with Gasteiger partial charge in [0.25, 0.3) is 0 Å². The largest absolute Gasteiger partial charge is 0.508 e. The molecule has 1 aromatic carbocycles. The summed E-state index contributed by atoms with van der Waals surface area (Å²) in [5, 5.41) is 9.73. The second kappa shape index (κ2) is 4.17. The van der Waals surface area contributed by atoms with Gasteiger partial charge >= 0.3 is 0 Å². The van der Waals surface area contributed by atoms with Gasteiger partial charge in [-0.2, -0.15) is 0 Å². The summed E-state index contributed by atoms with van der Waals surface area (Å²) >= 11 is 0. The number of aliphatic hydroxyl groups excluding tert-OH is 1. The molecule has 0 spiro atoms. The average molecular weight is 214 g/mol. The normalized spacial score (nSPS) is 20.3. The topological polar surface area (TPSA) is 20.2 Å². The van der Waals surface area contributed by atoms with Crippen LogP contribution >= 0.6 is 0 Å². The van der Waals surface area contributed by atoms with Crippen molar-refractivity contribution in [2.75, 3.05) is 0 Å². The Hall–Kier alpha value is -1.50. The number of aryl methyl sites for hydroxylation is 2. The van der Waals surface area contributed by atoms with Crippen molar-refractivity contribution in [2.24, 2.45) is 0 Å². The van der Waals surface area contributed by atoms with E-state index in [0.29, 0.717) is 11.7 Å². The van der Waals surface area contributed by atoms with E-state index in [1.165, 1.54) is 16.7 Å². The molecule has 0 aliphatic heterocycles. The van der Waals surface area contributed by atoms with Crippen molar-refractivity contribution < 1.29 is 5.11 Å². The van der Waals surface area contributed by atoms with Gasteiger partial charge in [0.2, 0.25) is 0 Å². The van der Waals surface area contributed by atoms with E-state index in [0.717, 1.165) is 12.0 Å². The van der Waals surface area contributed by atoms with Gasteiger partial charge in [-0.1, -0.05) is 24.3 Å². The van der Waals surface area contributed by atoms with Crippen molar-refractivity contribution in [3.05, 3.63) is 58.4 Å². The number of benzene rings is 1. The quantitative estimate of drug-likeness (QED) is 0.743. The lowest BCUT2D eigenvalue weighted by molar-refractivity contribution is 0.414. The Balaban J connectivity index is 2.30. The molecule has 0 radical (unpaired) electrons. The molecule has 0 fully saturated rings. The van der Waals surface area contributed by atoms with E-state index in [-0.39, 0.29) is 0 Å². The predicted molar refractivity (Wildman–Crippen MR) is 67.7 cm³/mol. The van der Waals surface area contributed by atoms with Gasteiger partial charge in [-0.3, -0.25) is 0 Å². The highest BCUT2D eigenvalue weighted by Crippen LogP contribution is 2.30. The molecule has 0 saturated heterocycles. The summed E-state index contributed by atoms with van der Waals surface area (Å²) in [4.78, 5) is 0. The van der Waals surface area contributed by atoms with Crippen LogP contribution in [0, 0.1) is 13.8 Å². The first-order valence-corrected chi connectivity index (χ1v) is 5.73. The maximum Gasteiger partial charge on any atom is 0.114 e. The molecule has 0 bridgehead atoms. The van der Waals surface area contributed by atoms with Gasteiger partial charge in [-0.15, -0.1) is 0 Å². The first kappa shape index (κ1) is 11.0. The van der Waals surface area contributed by atoms with E-state index in [2.05, 4.69) is 38.1 Å². The molecule has 2 rings (SSSR count). The Morgan fingerprint density at radius 2 is 1.88 bits per heavy atom. The van der Waals surface area contributed by atoms with Crippen LogP contribution < -0.4 is 0 Å². The van der Waals surface area contributed by atoms with E-state index in [9.17, 15) is 5.11 Å². The zero-order valence-corrected chi connectivity index (χ0v) is 10.1. The summed E-state index contributed by atoms with van der Waals surface area (Å²) in [5.74, 6) is 0.748. The minimum atomic E-state index is 0.322. The van der Waals surface area contributed by atoms with Gasteiger partial charge in [0, 0.05) is 5.92 Å². The third-order valence-electron chi connectivity index (χ3n) is 3.40. The van der Waals surface area contributed by atoms with E-state index in [4.69, 9.17) is 0 Å². The van der Waals surface area contributed by atoms with Crippen LogP contribution in [0.5, 0.6) is 0 Å². The first-order valence-electron chi connectivity index (χ1n) is 5.73. The summed E-state index contributed by atoms with van der Waals surface area (Å²) in [6.07, 6.45) is 5.05. The maximum absolute atomic E-state index is 9.73.